The van der Waals surface area contributed by atoms with Crippen molar-refractivity contribution in [1.29, 1.82) is 0 Å². The van der Waals surface area contributed by atoms with Gasteiger partial charge in [0.2, 0.25) is 0 Å². The second-order valence-electron chi connectivity index (χ2n) is 5.21. The maximum atomic E-state index is 5.41. The third kappa shape index (κ3) is 4.23. The van der Waals surface area contributed by atoms with E-state index in [1.165, 1.54) is 37.7 Å². The molecule has 2 heteroatoms. The largest absolute Gasteiger partial charge is 0.361 e. The molecular formula is C17H23NO. The molecule has 1 aromatic carbocycles. The lowest BCUT2D eigenvalue weighted by molar-refractivity contribution is 0.380. The van der Waals surface area contributed by atoms with Crippen molar-refractivity contribution in [2.45, 2.75) is 52.4 Å². The van der Waals surface area contributed by atoms with Gasteiger partial charge in [-0.15, -0.1) is 0 Å². The number of rotatable bonds is 7. The lowest BCUT2D eigenvalue weighted by atomic mass is 10.1. The first-order valence-electron chi connectivity index (χ1n) is 7.32. The fourth-order valence-corrected chi connectivity index (χ4v) is 2.19. The smallest absolute Gasteiger partial charge is 0.137 e. The van der Waals surface area contributed by atoms with Gasteiger partial charge in [0.1, 0.15) is 11.5 Å². The molecule has 0 radical (unpaired) electrons. The van der Waals surface area contributed by atoms with Crippen LogP contribution in [0.4, 0.5) is 0 Å². The second-order valence-corrected chi connectivity index (χ2v) is 5.21. The predicted octanol–water partition coefficient (Wildman–Crippen LogP) is 5.16. The molecule has 2 aromatic rings. The SMILES string of the molecule is CCCCCCCc1cc(-c2ccc(C)cc2)no1. The first-order valence-corrected chi connectivity index (χ1v) is 7.32. The minimum Gasteiger partial charge on any atom is -0.361 e. The van der Waals surface area contributed by atoms with Crippen molar-refractivity contribution in [3.63, 3.8) is 0 Å². The topological polar surface area (TPSA) is 26.0 Å². The van der Waals surface area contributed by atoms with Gasteiger partial charge in [0.05, 0.1) is 0 Å². The average molecular weight is 257 g/mol. The number of unbranched alkanes of at least 4 members (excludes halogenated alkanes) is 4. The highest BCUT2D eigenvalue weighted by atomic mass is 16.5. The molecule has 0 saturated heterocycles. The van der Waals surface area contributed by atoms with Gasteiger partial charge in [-0.25, -0.2) is 0 Å². The molecule has 102 valence electrons. The Bertz CT molecular complexity index is 484. The zero-order chi connectivity index (χ0) is 13.5. The monoisotopic (exact) mass is 257 g/mol. The van der Waals surface area contributed by atoms with Crippen molar-refractivity contribution in [3.05, 3.63) is 41.7 Å². The summed E-state index contributed by atoms with van der Waals surface area (Å²) in [7, 11) is 0. The van der Waals surface area contributed by atoms with Crippen LogP contribution in [0.5, 0.6) is 0 Å². The van der Waals surface area contributed by atoms with Gasteiger partial charge in [0.15, 0.2) is 0 Å². The van der Waals surface area contributed by atoms with Crippen molar-refractivity contribution >= 4 is 0 Å². The Morgan fingerprint density at radius 1 is 1.00 bits per heavy atom. The highest BCUT2D eigenvalue weighted by Gasteiger charge is 2.06. The van der Waals surface area contributed by atoms with Gasteiger partial charge in [-0.2, -0.15) is 0 Å². The Morgan fingerprint density at radius 3 is 2.47 bits per heavy atom. The quantitative estimate of drug-likeness (QED) is 0.640. The first kappa shape index (κ1) is 13.9. The van der Waals surface area contributed by atoms with E-state index in [-0.39, 0.29) is 0 Å². The summed E-state index contributed by atoms with van der Waals surface area (Å²) in [6, 6.07) is 10.5. The molecule has 0 N–H and O–H groups in total. The van der Waals surface area contributed by atoms with Crippen LogP contribution >= 0.6 is 0 Å². The van der Waals surface area contributed by atoms with E-state index >= 15 is 0 Å². The molecule has 0 unspecified atom stereocenters. The Hall–Kier alpha value is -1.57. The van der Waals surface area contributed by atoms with E-state index in [2.05, 4.69) is 49.3 Å². The molecule has 2 nitrogen and oxygen atoms in total. The molecule has 2 rings (SSSR count). The summed E-state index contributed by atoms with van der Waals surface area (Å²) in [5.74, 6) is 1.01. The summed E-state index contributed by atoms with van der Waals surface area (Å²) in [6.07, 6.45) is 7.44. The third-order valence-corrected chi connectivity index (χ3v) is 3.43. The molecule has 0 saturated carbocycles. The predicted molar refractivity (Wildman–Crippen MR) is 79.1 cm³/mol. The average Bonchev–Trinajstić information content (AvgIpc) is 2.88. The molecule has 0 aliphatic heterocycles. The molecule has 0 amide bonds. The van der Waals surface area contributed by atoms with Crippen molar-refractivity contribution in [2.24, 2.45) is 0 Å². The van der Waals surface area contributed by atoms with Crippen molar-refractivity contribution in [3.8, 4) is 11.3 Å². The molecular weight excluding hydrogens is 234 g/mol. The number of hydrogen-bond acceptors (Lipinski definition) is 2. The second kappa shape index (κ2) is 7.13. The minimum absolute atomic E-state index is 0.948. The molecule has 19 heavy (non-hydrogen) atoms. The van der Waals surface area contributed by atoms with Crippen LogP contribution in [-0.4, -0.2) is 5.16 Å². The fraction of sp³-hybridized carbons (Fsp3) is 0.471. The Balaban J connectivity index is 1.86. The van der Waals surface area contributed by atoms with Crippen LogP contribution in [0.2, 0.25) is 0 Å². The Kier molecular flexibility index (Phi) is 5.20. The van der Waals surface area contributed by atoms with Crippen LogP contribution in [0.25, 0.3) is 11.3 Å². The summed E-state index contributed by atoms with van der Waals surface area (Å²) < 4.78 is 5.41. The fourth-order valence-electron chi connectivity index (χ4n) is 2.19. The first-order chi connectivity index (χ1) is 9.29. The standard InChI is InChI=1S/C17H23NO/c1-3-4-5-6-7-8-16-13-17(18-19-16)15-11-9-14(2)10-12-15/h9-13H,3-8H2,1-2H3. The summed E-state index contributed by atoms with van der Waals surface area (Å²) in [6.45, 7) is 4.33. The normalized spacial score (nSPS) is 10.8. The highest BCUT2D eigenvalue weighted by Crippen LogP contribution is 2.20. The molecule has 1 heterocycles. The van der Waals surface area contributed by atoms with E-state index in [9.17, 15) is 0 Å². The molecule has 0 spiro atoms. The van der Waals surface area contributed by atoms with Crippen LogP contribution in [0, 0.1) is 6.92 Å². The third-order valence-electron chi connectivity index (χ3n) is 3.43. The van der Waals surface area contributed by atoms with E-state index < -0.39 is 0 Å². The summed E-state index contributed by atoms with van der Waals surface area (Å²) >= 11 is 0. The van der Waals surface area contributed by atoms with Crippen LogP contribution in [-0.2, 0) is 6.42 Å². The van der Waals surface area contributed by atoms with Gasteiger partial charge in [-0.3, -0.25) is 0 Å². The number of aryl methyl sites for hydroxylation is 2. The van der Waals surface area contributed by atoms with Crippen molar-refractivity contribution in [2.75, 3.05) is 0 Å². The van der Waals surface area contributed by atoms with Gasteiger partial charge >= 0.3 is 0 Å². The number of benzene rings is 1. The van der Waals surface area contributed by atoms with Crippen LogP contribution in [0.1, 0.15) is 50.4 Å². The molecule has 0 atom stereocenters. The van der Waals surface area contributed by atoms with Gasteiger partial charge in [0, 0.05) is 18.1 Å². The molecule has 1 aromatic heterocycles. The van der Waals surface area contributed by atoms with E-state index in [1.54, 1.807) is 0 Å². The lowest BCUT2D eigenvalue weighted by Gasteiger charge is -1.97. The number of aromatic nitrogens is 1. The molecule has 0 aliphatic carbocycles. The van der Waals surface area contributed by atoms with Crippen molar-refractivity contribution in [1.82, 2.24) is 5.16 Å². The van der Waals surface area contributed by atoms with E-state index in [4.69, 9.17) is 4.52 Å². The van der Waals surface area contributed by atoms with Crippen LogP contribution in [0.15, 0.2) is 34.9 Å². The highest BCUT2D eigenvalue weighted by molar-refractivity contribution is 5.59. The molecule has 0 bridgehead atoms. The Morgan fingerprint density at radius 2 is 1.74 bits per heavy atom. The molecule has 0 fully saturated rings. The van der Waals surface area contributed by atoms with E-state index in [0.29, 0.717) is 0 Å². The van der Waals surface area contributed by atoms with E-state index in [0.717, 1.165) is 23.4 Å². The lowest BCUT2D eigenvalue weighted by Crippen LogP contribution is -1.83. The van der Waals surface area contributed by atoms with Gasteiger partial charge in [-0.1, -0.05) is 67.6 Å². The Labute approximate surface area is 115 Å². The maximum absolute atomic E-state index is 5.41. The van der Waals surface area contributed by atoms with Gasteiger partial charge in [0.25, 0.3) is 0 Å². The molecule has 0 aliphatic rings. The zero-order valence-electron chi connectivity index (χ0n) is 12.0. The number of hydrogen-bond donors (Lipinski definition) is 0. The van der Waals surface area contributed by atoms with Crippen LogP contribution < -0.4 is 0 Å². The van der Waals surface area contributed by atoms with E-state index in [1.807, 2.05) is 0 Å². The van der Waals surface area contributed by atoms with Crippen molar-refractivity contribution < 1.29 is 4.52 Å². The summed E-state index contributed by atoms with van der Waals surface area (Å²) in [5.41, 5.74) is 3.35. The van der Waals surface area contributed by atoms with Gasteiger partial charge < -0.3 is 4.52 Å². The zero-order valence-corrected chi connectivity index (χ0v) is 12.0. The van der Waals surface area contributed by atoms with Gasteiger partial charge in [-0.05, 0) is 13.3 Å². The summed E-state index contributed by atoms with van der Waals surface area (Å²) in [5, 5.41) is 4.16. The maximum Gasteiger partial charge on any atom is 0.137 e. The summed E-state index contributed by atoms with van der Waals surface area (Å²) in [4.78, 5) is 0. The number of nitrogens with zero attached hydrogens (tertiary/aromatic N) is 1. The van der Waals surface area contributed by atoms with Crippen LogP contribution in [0.3, 0.4) is 0 Å². The minimum atomic E-state index is 0.948.